The summed E-state index contributed by atoms with van der Waals surface area (Å²) in [6.45, 7) is 6.37. The molecule has 2 saturated heterocycles. The van der Waals surface area contributed by atoms with E-state index >= 15 is 0 Å². The third kappa shape index (κ3) is 1.35. The first-order valence-corrected chi connectivity index (χ1v) is 6.45. The minimum absolute atomic E-state index is 0.00236. The number of rotatable bonds is 3. The summed E-state index contributed by atoms with van der Waals surface area (Å²) >= 11 is 1.85. The van der Waals surface area contributed by atoms with Gasteiger partial charge in [0.25, 0.3) is 0 Å². The molecule has 0 aromatic heterocycles. The second-order valence-corrected chi connectivity index (χ2v) is 6.80. The maximum Gasteiger partial charge on any atom is 0.134 e. The Balaban J connectivity index is 2.43. The number of hydrogen-bond acceptors (Lipinski definition) is 4. The Hall–Kier alpha value is 0.295. The zero-order valence-electron chi connectivity index (χ0n) is 10.5. The van der Waals surface area contributed by atoms with Crippen molar-refractivity contribution < 1.29 is 14.2 Å². The van der Waals surface area contributed by atoms with Crippen molar-refractivity contribution in [3.05, 3.63) is 0 Å². The standard InChI is InChI=1S/C11H19BO3S/c1-6(13-4)11-8(14-5)7(9(12)15-11)16-10(11,2)3/h6-9H,1-5H3/t6?,7?,8-,9-,11-/m1/s1. The fraction of sp³-hybridized carbons (Fsp3) is 1.00. The van der Waals surface area contributed by atoms with Crippen LogP contribution in [0.15, 0.2) is 0 Å². The highest BCUT2D eigenvalue weighted by Gasteiger charge is 2.71. The highest BCUT2D eigenvalue weighted by atomic mass is 32.2. The molecule has 90 valence electrons. The summed E-state index contributed by atoms with van der Waals surface area (Å²) < 4.78 is 17.1. The van der Waals surface area contributed by atoms with E-state index in [2.05, 4.69) is 13.8 Å². The van der Waals surface area contributed by atoms with Gasteiger partial charge in [0.05, 0.1) is 11.4 Å². The average Bonchev–Trinajstić information content (AvgIpc) is 2.62. The van der Waals surface area contributed by atoms with Crippen LogP contribution in [-0.2, 0) is 14.2 Å². The molecule has 2 heterocycles. The van der Waals surface area contributed by atoms with Crippen LogP contribution in [0, 0.1) is 0 Å². The molecule has 0 N–H and O–H groups in total. The predicted molar refractivity (Wildman–Crippen MR) is 66.1 cm³/mol. The van der Waals surface area contributed by atoms with Gasteiger partial charge in [-0.1, -0.05) is 0 Å². The molecule has 5 heteroatoms. The minimum Gasteiger partial charge on any atom is -0.379 e. The normalized spacial score (nSPS) is 47.2. The van der Waals surface area contributed by atoms with Crippen molar-refractivity contribution in [2.75, 3.05) is 14.2 Å². The van der Waals surface area contributed by atoms with Crippen molar-refractivity contribution in [1.82, 2.24) is 0 Å². The Bertz CT molecular complexity index is 286. The summed E-state index contributed by atoms with van der Waals surface area (Å²) in [5.41, 5.74) is -0.453. The molecule has 2 aliphatic heterocycles. The zero-order chi connectivity index (χ0) is 12.1. The third-order valence-corrected chi connectivity index (χ3v) is 5.65. The van der Waals surface area contributed by atoms with Crippen molar-refractivity contribution >= 4 is 19.6 Å². The van der Waals surface area contributed by atoms with Crippen LogP contribution in [0.4, 0.5) is 0 Å². The van der Waals surface area contributed by atoms with E-state index < -0.39 is 5.60 Å². The van der Waals surface area contributed by atoms with E-state index in [0.29, 0.717) is 0 Å². The lowest BCUT2D eigenvalue weighted by molar-refractivity contribution is -0.163. The van der Waals surface area contributed by atoms with Crippen molar-refractivity contribution in [1.29, 1.82) is 0 Å². The second kappa shape index (κ2) is 3.90. The lowest BCUT2D eigenvalue weighted by Gasteiger charge is -2.46. The molecule has 0 aromatic rings. The van der Waals surface area contributed by atoms with Gasteiger partial charge in [-0.25, -0.2) is 0 Å². The maximum absolute atomic E-state index is 6.03. The fourth-order valence-electron chi connectivity index (χ4n) is 3.12. The molecule has 2 fully saturated rings. The number of fused-ring (bicyclic) bond motifs is 2. The molecule has 0 spiro atoms. The molecule has 2 unspecified atom stereocenters. The highest BCUT2D eigenvalue weighted by molar-refractivity contribution is 8.01. The van der Waals surface area contributed by atoms with Crippen LogP contribution >= 0.6 is 11.8 Å². The van der Waals surface area contributed by atoms with E-state index in [0.717, 1.165) is 0 Å². The lowest BCUT2D eigenvalue weighted by Crippen LogP contribution is -2.60. The molecule has 0 aliphatic carbocycles. The van der Waals surface area contributed by atoms with E-state index in [9.17, 15) is 0 Å². The molecule has 2 aliphatic rings. The molecule has 0 amide bonds. The zero-order valence-corrected chi connectivity index (χ0v) is 11.3. The molecule has 2 radical (unpaired) electrons. The van der Waals surface area contributed by atoms with Gasteiger partial charge in [0, 0.05) is 25.0 Å². The monoisotopic (exact) mass is 242 g/mol. The van der Waals surface area contributed by atoms with Crippen molar-refractivity contribution in [2.24, 2.45) is 0 Å². The van der Waals surface area contributed by atoms with Gasteiger partial charge in [0.2, 0.25) is 0 Å². The molecule has 0 saturated carbocycles. The predicted octanol–water partition coefficient (Wildman–Crippen LogP) is 1.19. The SMILES string of the molecule is [B][C@@H]1O[C@]2(C(C)OC)[C@H](OC)C1SC2(C)C. The molecule has 16 heavy (non-hydrogen) atoms. The van der Waals surface area contributed by atoms with Gasteiger partial charge in [-0.15, -0.1) is 11.8 Å². The average molecular weight is 242 g/mol. The molecule has 2 bridgehead atoms. The number of methoxy groups -OCH3 is 2. The third-order valence-electron chi connectivity index (χ3n) is 3.96. The second-order valence-electron chi connectivity index (χ2n) is 5.00. The maximum atomic E-state index is 6.03. The van der Waals surface area contributed by atoms with Gasteiger partial charge >= 0.3 is 0 Å². The first-order chi connectivity index (χ1) is 7.40. The Morgan fingerprint density at radius 2 is 2.00 bits per heavy atom. The van der Waals surface area contributed by atoms with Gasteiger partial charge in [0.1, 0.15) is 19.6 Å². The van der Waals surface area contributed by atoms with Crippen LogP contribution in [0.1, 0.15) is 20.8 Å². The van der Waals surface area contributed by atoms with Gasteiger partial charge in [-0.2, -0.15) is 0 Å². The summed E-state index contributed by atoms with van der Waals surface area (Å²) in [5, 5.41) is 0.192. The van der Waals surface area contributed by atoms with Gasteiger partial charge in [-0.3, -0.25) is 0 Å². The fourth-order valence-corrected chi connectivity index (χ4v) is 4.94. The van der Waals surface area contributed by atoms with Crippen LogP contribution < -0.4 is 0 Å². The van der Waals surface area contributed by atoms with E-state index in [1.165, 1.54) is 0 Å². The van der Waals surface area contributed by atoms with Crippen LogP contribution in [0.2, 0.25) is 0 Å². The smallest absolute Gasteiger partial charge is 0.134 e. The van der Waals surface area contributed by atoms with Crippen molar-refractivity contribution in [3.8, 4) is 0 Å². The number of hydrogen-bond donors (Lipinski definition) is 0. The summed E-state index contributed by atoms with van der Waals surface area (Å²) in [7, 11) is 9.43. The molecule has 3 nitrogen and oxygen atoms in total. The Morgan fingerprint density at radius 1 is 1.38 bits per heavy atom. The van der Waals surface area contributed by atoms with Crippen LogP contribution in [-0.4, -0.2) is 55.9 Å². The number of ether oxygens (including phenoxy) is 3. The molecule has 2 rings (SSSR count). The van der Waals surface area contributed by atoms with Crippen LogP contribution in [0.3, 0.4) is 0 Å². The summed E-state index contributed by atoms with van der Waals surface area (Å²) in [5.74, 6) is 0. The first kappa shape index (κ1) is 12.7. The van der Waals surface area contributed by atoms with E-state index in [1.807, 2.05) is 18.7 Å². The Kier molecular flexibility index (Phi) is 3.11. The first-order valence-electron chi connectivity index (χ1n) is 5.57. The Labute approximate surface area is 103 Å². The summed E-state index contributed by atoms with van der Waals surface area (Å²) in [4.78, 5) is 0. The van der Waals surface area contributed by atoms with E-state index in [-0.39, 0.29) is 28.2 Å². The van der Waals surface area contributed by atoms with Crippen LogP contribution in [0.5, 0.6) is 0 Å². The minimum atomic E-state index is -0.453. The van der Waals surface area contributed by atoms with Gasteiger partial charge in [-0.05, 0) is 20.8 Å². The highest BCUT2D eigenvalue weighted by Crippen LogP contribution is 2.60. The molecular weight excluding hydrogens is 223 g/mol. The summed E-state index contributed by atoms with van der Waals surface area (Å²) in [6, 6.07) is -0.263. The van der Waals surface area contributed by atoms with E-state index in [1.54, 1.807) is 14.2 Å². The number of thioether (sulfide) groups is 1. The molecule has 0 aromatic carbocycles. The summed E-state index contributed by atoms with van der Waals surface area (Å²) in [6.07, 6.45) is -0.0454. The lowest BCUT2D eigenvalue weighted by atomic mass is 9.80. The quantitative estimate of drug-likeness (QED) is 0.695. The molecule has 5 atom stereocenters. The van der Waals surface area contributed by atoms with Crippen molar-refractivity contribution in [3.63, 3.8) is 0 Å². The Morgan fingerprint density at radius 3 is 2.50 bits per heavy atom. The van der Waals surface area contributed by atoms with Gasteiger partial charge < -0.3 is 14.2 Å². The molecular formula is C11H19BO3S. The van der Waals surface area contributed by atoms with Gasteiger partial charge in [0.15, 0.2) is 0 Å². The van der Waals surface area contributed by atoms with Crippen molar-refractivity contribution in [2.45, 2.75) is 54.6 Å². The van der Waals surface area contributed by atoms with Crippen LogP contribution in [0.25, 0.3) is 0 Å². The van der Waals surface area contributed by atoms with E-state index in [4.69, 9.17) is 22.1 Å². The largest absolute Gasteiger partial charge is 0.379 e. The topological polar surface area (TPSA) is 27.7 Å².